The largest absolute Gasteiger partial charge is 0.760 e. The summed E-state index contributed by atoms with van der Waals surface area (Å²) < 4.78 is 47.7. The van der Waals surface area contributed by atoms with Gasteiger partial charge in [-0.05, 0) is 18.6 Å². The lowest BCUT2D eigenvalue weighted by molar-refractivity contribution is -0.132. The normalized spacial score (nSPS) is 13.4. The van der Waals surface area contributed by atoms with Crippen molar-refractivity contribution < 1.29 is 32.2 Å². The second kappa shape index (κ2) is 8.56. The molecule has 0 aliphatic carbocycles. The summed E-state index contributed by atoms with van der Waals surface area (Å²) >= 11 is 0.864. The predicted molar refractivity (Wildman–Crippen MR) is 90.3 cm³/mol. The van der Waals surface area contributed by atoms with Crippen molar-refractivity contribution in [3.63, 3.8) is 0 Å². The molecule has 1 heterocycles. The number of nitrogens with one attached hydrogen (secondary N) is 1. The highest BCUT2D eigenvalue weighted by molar-refractivity contribution is 9.09. The van der Waals surface area contributed by atoms with E-state index in [1.165, 1.54) is 18.2 Å². The molecule has 0 radical (unpaired) electrons. The highest BCUT2D eigenvalue weighted by atomic mass is 79.9. The van der Waals surface area contributed by atoms with Gasteiger partial charge in [-0.3, -0.25) is 9.00 Å². The van der Waals surface area contributed by atoms with Crippen molar-refractivity contribution in [1.82, 2.24) is 4.72 Å². The third kappa shape index (κ3) is 4.88. The molecular weight excluding hydrogens is 421 g/mol. The van der Waals surface area contributed by atoms with Gasteiger partial charge < -0.3 is 18.8 Å². The van der Waals surface area contributed by atoms with Crippen molar-refractivity contribution >= 4 is 33.2 Å². The van der Waals surface area contributed by atoms with Gasteiger partial charge in [0.1, 0.15) is 5.82 Å². The Morgan fingerprint density at radius 3 is 2.80 bits per heavy atom. The molecule has 7 nitrogen and oxygen atoms in total. The lowest BCUT2D eigenvalue weighted by atomic mass is 10.1. The van der Waals surface area contributed by atoms with Crippen molar-refractivity contribution in [3.05, 3.63) is 35.8 Å². The molecule has 10 heteroatoms. The lowest BCUT2D eigenvalue weighted by Crippen LogP contribution is -2.18. The highest BCUT2D eigenvalue weighted by Gasteiger charge is 2.29. The number of hydrogen-bond donors (Lipinski definition) is 2. The van der Waals surface area contributed by atoms with Crippen LogP contribution in [0.2, 0.25) is 0 Å². The lowest BCUT2D eigenvalue weighted by Gasteiger charge is -2.11. The summed E-state index contributed by atoms with van der Waals surface area (Å²) in [5.74, 6) is -2.22. The minimum Gasteiger partial charge on any atom is -0.760 e. The molecule has 0 bridgehead atoms. The van der Waals surface area contributed by atoms with Gasteiger partial charge in [-0.15, -0.1) is 0 Å². The van der Waals surface area contributed by atoms with E-state index in [0.29, 0.717) is 0 Å². The van der Waals surface area contributed by atoms with Crippen LogP contribution in [0, 0.1) is 5.82 Å². The van der Waals surface area contributed by atoms with Gasteiger partial charge in [0.2, 0.25) is 11.5 Å². The molecule has 0 saturated carbocycles. The number of ether oxygens (including phenoxy) is 1. The molecule has 2 N–H and O–H groups in total. The van der Waals surface area contributed by atoms with E-state index in [-0.39, 0.29) is 35.8 Å². The molecule has 2 unspecified atom stereocenters. The Hall–Kier alpha value is -1.75. The van der Waals surface area contributed by atoms with E-state index in [0.717, 1.165) is 6.92 Å². The number of alkyl halides is 1. The van der Waals surface area contributed by atoms with Crippen LogP contribution >= 0.6 is 15.9 Å². The first-order valence-electron chi connectivity index (χ1n) is 7.07. The molecule has 0 amide bonds. The molecule has 136 valence electrons. The smallest absolute Gasteiger partial charge is 0.308 e. The molecule has 0 aliphatic heterocycles. The Morgan fingerprint density at radius 2 is 2.20 bits per heavy atom. The summed E-state index contributed by atoms with van der Waals surface area (Å²) in [5, 5.41) is 10.3. The van der Waals surface area contributed by atoms with E-state index in [9.17, 15) is 23.1 Å². The quantitative estimate of drug-likeness (QED) is 0.393. The Balaban J connectivity index is 2.40. The van der Waals surface area contributed by atoms with Crippen molar-refractivity contribution in [2.45, 2.75) is 18.2 Å². The fraction of sp³-hybridized carbons (Fsp3) is 0.267. The maximum absolute atomic E-state index is 14.0. The molecule has 25 heavy (non-hydrogen) atoms. The zero-order valence-electron chi connectivity index (χ0n) is 13.0. The average molecular weight is 435 g/mol. The van der Waals surface area contributed by atoms with Crippen LogP contribution in [0.15, 0.2) is 28.7 Å². The SMILES string of the molecule is CC(=O)Oc1c(C(Br)CCNS(=O)[O-])oc(-c2ccccc2F)c1O. The van der Waals surface area contributed by atoms with E-state index in [2.05, 4.69) is 20.7 Å². The third-order valence-electron chi connectivity index (χ3n) is 3.13. The van der Waals surface area contributed by atoms with Crippen molar-refractivity contribution in [1.29, 1.82) is 0 Å². The maximum Gasteiger partial charge on any atom is 0.308 e. The van der Waals surface area contributed by atoms with Crippen LogP contribution in [0.3, 0.4) is 0 Å². The zero-order valence-corrected chi connectivity index (χ0v) is 15.4. The number of benzene rings is 1. The van der Waals surface area contributed by atoms with Gasteiger partial charge in [0.25, 0.3) is 0 Å². The second-order valence-corrected chi connectivity index (χ2v) is 6.80. The van der Waals surface area contributed by atoms with Crippen LogP contribution in [0.1, 0.15) is 23.9 Å². The fourth-order valence-electron chi connectivity index (χ4n) is 2.10. The molecule has 1 aromatic carbocycles. The third-order valence-corrected chi connectivity index (χ3v) is 4.45. The zero-order chi connectivity index (χ0) is 18.6. The molecule has 2 aromatic rings. The summed E-state index contributed by atoms with van der Waals surface area (Å²) in [4.78, 5) is 10.7. The van der Waals surface area contributed by atoms with Gasteiger partial charge in [0, 0.05) is 24.7 Å². The molecular formula is C15H14BrFNO6S-. The van der Waals surface area contributed by atoms with E-state index in [1.54, 1.807) is 6.07 Å². The number of aromatic hydroxyl groups is 1. The van der Waals surface area contributed by atoms with Gasteiger partial charge in [0.05, 0.1) is 10.4 Å². The van der Waals surface area contributed by atoms with Crippen LogP contribution in [-0.4, -0.2) is 26.4 Å². The Bertz CT molecular complexity index is 796. The first-order chi connectivity index (χ1) is 11.8. The maximum atomic E-state index is 14.0. The standard InChI is InChI=1S/C15H15BrFNO6S/c1-8(19)23-15-12(20)13(9-4-2-3-5-11(9)17)24-14(15)10(16)6-7-18-25(21)22/h2-5,10,18,20H,6-7H2,1H3,(H,21,22)/p-1. The summed E-state index contributed by atoms with van der Waals surface area (Å²) in [6.07, 6.45) is 0.228. The summed E-state index contributed by atoms with van der Waals surface area (Å²) in [6.45, 7) is 1.21. The van der Waals surface area contributed by atoms with Crippen LogP contribution in [-0.2, 0) is 16.1 Å². The van der Waals surface area contributed by atoms with Gasteiger partial charge in [-0.25, -0.2) is 9.11 Å². The second-order valence-electron chi connectivity index (χ2n) is 4.93. The number of hydrogen-bond acceptors (Lipinski definition) is 6. The van der Waals surface area contributed by atoms with Crippen molar-refractivity contribution in [2.24, 2.45) is 0 Å². The number of rotatable bonds is 7. The van der Waals surface area contributed by atoms with Crippen LogP contribution in [0.5, 0.6) is 11.5 Å². The summed E-state index contributed by atoms with van der Waals surface area (Å²) in [5.41, 5.74) is -0.00172. The number of carbonyl (C=O) groups excluding carboxylic acids is 1. The molecule has 0 saturated heterocycles. The van der Waals surface area contributed by atoms with Gasteiger partial charge in [-0.2, -0.15) is 0 Å². The number of carbonyl (C=O) groups is 1. The van der Waals surface area contributed by atoms with E-state index >= 15 is 0 Å². The number of esters is 1. The minimum atomic E-state index is -2.42. The first-order valence-corrected chi connectivity index (χ1v) is 9.06. The Morgan fingerprint density at radius 1 is 1.52 bits per heavy atom. The molecule has 0 aliphatic rings. The van der Waals surface area contributed by atoms with Crippen molar-refractivity contribution in [2.75, 3.05) is 6.54 Å². The summed E-state index contributed by atoms with van der Waals surface area (Å²) in [6, 6.07) is 5.64. The Kier molecular flexibility index (Phi) is 6.71. The number of halogens is 2. The van der Waals surface area contributed by atoms with Crippen molar-refractivity contribution in [3.8, 4) is 22.8 Å². The number of furan rings is 1. The van der Waals surface area contributed by atoms with E-state index in [4.69, 9.17) is 9.15 Å². The Labute approximate surface area is 153 Å². The van der Waals surface area contributed by atoms with Gasteiger partial charge in [-0.1, -0.05) is 28.1 Å². The molecule has 2 rings (SSSR count). The van der Waals surface area contributed by atoms with E-state index < -0.39 is 33.6 Å². The molecule has 1 aromatic heterocycles. The minimum absolute atomic E-state index is 0.00172. The molecule has 0 fully saturated rings. The predicted octanol–water partition coefficient (Wildman–Crippen LogP) is 2.93. The van der Waals surface area contributed by atoms with E-state index in [1.807, 2.05) is 0 Å². The molecule has 0 spiro atoms. The van der Waals surface area contributed by atoms with Crippen LogP contribution in [0.4, 0.5) is 4.39 Å². The monoisotopic (exact) mass is 434 g/mol. The highest BCUT2D eigenvalue weighted by Crippen LogP contribution is 2.48. The first kappa shape index (κ1) is 19.6. The average Bonchev–Trinajstić information content (AvgIpc) is 2.84. The van der Waals surface area contributed by atoms with Crippen LogP contribution < -0.4 is 9.46 Å². The topological polar surface area (TPSA) is 112 Å². The molecule has 2 atom stereocenters. The van der Waals surface area contributed by atoms with Crippen LogP contribution in [0.25, 0.3) is 11.3 Å². The fourth-order valence-corrected chi connectivity index (χ4v) is 2.92. The van der Waals surface area contributed by atoms with Gasteiger partial charge >= 0.3 is 5.97 Å². The summed E-state index contributed by atoms with van der Waals surface area (Å²) in [7, 11) is 0. The van der Waals surface area contributed by atoms with Gasteiger partial charge in [0.15, 0.2) is 11.5 Å².